The van der Waals surface area contributed by atoms with Gasteiger partial charge in [-0.2, -0.15) is 0 Å². The first kappa shape index (κ1) is 19.1. The summed E-state index contributed by atoms with van der Waals surface area (Å²) in [5.41, 5.74) is 7.03. The first-order valence-corrected chi connectivity index (χ1v) is 7.95. The Labute approximate surface area is 152 Å². The third-order valence-electron chi connectivity index (χ3n) is 3.74. The third kappa shape index (κ3) is 4.44. The van der Waals surface area contributed by atoms with E-state index in [4.69, 9.17) is 19.9 Å². The van der Waals surface area contributed by atoms with E-state index in [-0.39, 0.29) is 11.3 Å². The molecule has 0 spiro atoms. The summed E-state index contributed by atoms with van der Waals surface area (Å²) in [7, 11) is 3.01. The number of carbonyl (C=O) groups is 2. The third-order valence-corrected chi connectivity index (χ3v) is 3.74. The second-order valence-corrected chi connectivity index (χ2v) is 5.68. The lowest BCUT2D eigenvalue weighted by atomic mass is 10.1. The maximum Gasteiger partial charge on any atom is 0.265 e. The molecular formula is C19H22N2O5. The van der Waals surface area contributed by atoms with Crippen molar-refractivity contribution < 1.29 is 23.8 Å². The number of nitrogens with two attached hydrogens (primary N) is 1. The second kappa shape index (κ2) is 8.24. The van der Waals surface area contributed by atoms with E-state index in [1.807, 2.05) is 13.0 Å². The second-order valence-electron chi connectivity index (χ2n) is 5.68. The van der Waals surface area contributed by atoms with E-state index in [0.717, 1.165) is 5.56 Å². The zero-order valence-corrected chi connectivity index (χ0v) is 15.2. The van der Waals surface area contributed by atoms with Crippen molar-refractivity contribution in [1.82, 2.24) is 0 Å². The Morgan fingerprint density at radius 2 is 1.77 bits per heavy atom. The molecule has 2 aromatic carbocycles. The molecule has 7 nitrogen and oxygen atoms in total. The van der Waals surface area contributed by atoms with Gasteiger partial charge in [-0.1, -0.05) is 6.07 Å². The summed E-state index contributed by atoms with van der Waals surface area (Å²) in [4.78, 5) is 24.1. The molecule has 0 bridgehead atoms. The monoisotopic (exact) mass is 358 g/mol. The van der Waals surface area contributed by atoms with Gasteiger partial charge in [0.2, 0.25) is 0 Å². The molecule has 0 aliphatic carbocycles. The molecule has 3 N–H and O–H groups in total. The van der Waals surface area contributed by atoms with Crippen LogP contribution in [0.5, 0.6) is 17.2 Å². The number of anilines is 1. The number of hydrogen-bond donors (Lipinski definition) is 2. The van der Waals surface area contributed by atoms with Gasteiger partial charge in [0.1, 0.15) is 17.2 Å². The van der Waals surface area contributed by atoms with E-state index in [2.05, 4.69) is 5.32 Å². The van der Waals surface area contributed by atoms with E-state index in [9.17, 15) is 9.59 Å². The van der Waals surface area contributed by atoms with Crippen molar-refractivity contribution in [2.24, 2.45) is 5.73 Å². The van der Waals surface area contributed by atoms with Crippen LogP contribution in [-0.2, 0) is 4.79 Å². The molecule has 0 aromatic heterocycles. The highest BCUT2D eigenvalue weighted by molar-refractivity contribution is 5.97. The average molecular weight is 358 g/mol. The van der Waals surface area contributed by atoms with Crippen LogP contribution < -0.4 is 25.3 Å². The number of benzene rings is 2. The Kier molecular flexibility index (Phi) is 6.06. The average Bonchev–Trinajstić information content (AvgIpc) is 2.61. The molecule has 26 heavy (non-hydrogen) atoms. The van der Waals surface area contributed by atoms with Crippen LogP contribution in [0.4, 0.5) is 5.69 Å². The molecule has 7 heteroatoms. The van der Waals surface area contributed by atoms with E-state index in [1.54, 1.807) is 25.1 Å². The zero-order valence-electron chi connectivity index (χ0n) is 15.2. The van der Waals surface area contributed by atoms with E-state index >= 15 is 0 Å². The predicted octanol–water partition coefficient (Wildman–Crippen LogP) is 2.52. The van der Waals surface area contributed by atoms with Gasteiger partial charge >= 0.3 is 0 Å². The van der Waals surface area contributed by atoms with Crippen LogP contribution in [0, 0.1) is 6.92 Å². The first-order valence-electron chi connectivity index (χ1n) is 7.95. The van der Waals surface area contributed by atoms with Crippen molar-refractivity contribution in [3.63, 3.8) is 0 Å². The molecule has 2 amide bonds. The molecule has 1 unspecified atom stereocenters. The molecular weight excluding hydrogens is 336 g/mol. The summed E-state index contributed by atoms with van der Waals surface area (Å²) >= 11 is 0. The number of primary amides is 1. The van der Waals surface area contributed by atoms with Gasteiger partial charge in [-0.3, -0.25) is 9.59 Å². The molecule has 0 saturated heterocycles. The van der Waals surface area contributed by atoms with Gasteiger partial charge in [0.15, 0.2) is 6.10 Å². The van der Waals surface area contributed by atoms with Crippen molar-refractivity contribution in [1.29, 1.82) is 0 Å². The van der Waals surface area contributed by atoms with Crippen LogP contribution in [-0.4, -0.2) is 32.1 Å². The maximum absolute atomic E-state index is 12.5. The van der Waals surface area contributed by atoms with E-state index in [0.29, 0.717) is 17.2 Å². The molecule has 1 atom stereocenters. The molecule has 0 fully saturated rings. The van der Waals surface area contributed by atoms with Gasteiger partial charge in [0, 0.05) is 6.07 Å². The zero-order chi connectivity index (χ0) is 19.3. The first-order chi connectivity index (χ1) is 12.3. The Morgan fingerprint density at radius 3 is 2.38 bits per heavy atom. The largest absolute Gasteiger partial charge is 0.497 e. The number of aryl methyl sites for hydroxylation is 1. The van der Waals surface area contributed by atoms with Crippen molar-refractivity contribution in [2.45, 2.75) is 20.0 Å². The fourth-order valence-corrected chi connectivity index (χ4v) is 2.33. The van der Waals surface area contributed by atoms with Crippen LogP contribution in [0.2, 0.25) is 0 Å². The number of nitrogens with one attached hydrogen (secondary N) is 1. The fraction of sp³-hybridized carbons (Fsp3) is 0.263. The topological polar surface area (TPSA) is 99.9 Å². The van der Waals surface area contributed by atoms with Gasteiger partial charge in [0.25, 0.3) is 11.8 Å². The molecule has 0 heterocycles. The molecule has 0 aliphatic heterocycles. The number of carbonyl (C=O) groups excluding carboxylic acids is 2. The quantitative estimate of drug-likeness (QED) is 0.792. The highest BCUT2D eigenvalue weighted by atomic mass is 16.5. The van der Waals surface area contributed by atoms with Crippen LogP contribution >= 0.6 is 0 Å². The summed E-state index contributed by atoms with van der Waals surface area (Å²) in [5.74, 6) is 0.145. The maximum atomic E-state index is 12.5. The number of ether oxygens (including phenoxy) is 3. The number of amides is 2. The molecule has 138 valence electrons. The number of rotatable bonds is 7. The minimum atomic E-state index is -0.884. The Bertz CT molecular complexity index is 820. The minimum Gasteiger partial charge on any atom is -0.497 e. The Morgan fingerprint density at radius 1 is 1.04 bits per heavy atom. The SMILES string of the molecule is COc1ccc(C(N)=O)c(OC(C)C(=O)Nc2cc(C)ccc2OC)c1. The van der Waals surface area contributed by atoms with E-state index in [1.165, 1.54) is 26.4 Å². The van der Waals surface area contributed by atoms with Crippen LogP contribution in [0.1, 0.15) is 22.8 Å². The van der Waals surface area contributed by atoms with Crippen molar-refractivity contribution in [2.75, 3.05) is 19.5 Å². The summed E-state index contributed by atoms with van der Waals surface area (Å²) in [6.45, 7) is 3.48. The van der Waals surface area contributed by atoms with Crippen molar-refractivity contribution in [3.05, 3.63) is 47.5 Å². The summed E-state index contributed by atoms with van der Waals surface area (Å²) in [6.07, 6.45) is -0.884. The normalized spacial score (nSPS) is 11.4. The highest BCUT2D eigenvalue weighted by Crippen LogP contribution is 2.27. The van der Waals surface area contributed by atoms with Crippen molar-refractivity contribution >= 4 is 17.5 Å². The minimum absolute atomic E-state index is 0.165. The molecule has 0 radical (unpaired) electrons. The van der Waals surface area contributed by atoms with Gasteiger partial charge < -0.3 is 25.3 Å². The summed E-state index contributed by atoms with van der Waals surface area (Å²) in [6, 6.07) is 10.0. The van der Waals surface area contributed by atoms with Crippen LogP contribution in [0.15, 0.2) is 36.4 Å². The lowest BCUT2D eigenvalue weighted by Crippen LogP contribution is -2.31. The fourth-order valence-electron chi connectivity index (χ4n) is 2.33. The predicted molar refractivity (Wildman–Crippen MR) is 98.0 cm³/mol. The standard InChI is InChI=1S/C19H22N2O5/c1-11-5-8-16(25-4)15(9-11)21-19(23)12(2)26-17-10-13(24-3)6-7-14(17)18(20)22/h5-10,12H,1-4H3,(H2,20,22)(H,21,23). The van der Waals surface area contributed by atoms with E-state index < -0.39 is 17.9 Å². The summed E-state index contributed by atoms with van der Waals surface area (Å²) < 4.78 is 16.0. The number of methoxy groups -OCH3 is 2. The Balaban J connectivity index is 2.20. The van der Waals surface area contributed by atoms with Crippen LogP contribution in [0.25, 0.3) is 0 Å². The Hall–Kier alpha value is -3.22. The molecule has 2 rings (SSSR count). The molecule has 0 saturated carbocycles. The number of hydrogen-bond acceptors (Lipinski definition) is 5. The van der Waals surface area contributed by atoms with Crippen molar-refractivity contribution in [3.8, 4) is 17.2 Å². The molecule has 0 aliphatic rings. The smallest absolute Gasteiger partial charge is 0.265 e. The van der Waals surface area contributed by atoms with Crippen LogP contribution in [0.3, 0.4) is 0 Å². The van der Waals surface area contributed by atoms with Gasteiger partial charge in [-0.05, 0) is 43.7 Å². The van der Waals surface area contributed by atoms with Gasteiger partial charge in [-0.15, -0.1) is 0 Å². The lowest BCUT2D eigenvalue weighted by Gasteiger charge is -2.18. The van der Waals surface area contributed by atoms with Gasteiger partial charge in [-0.25, -0.2) is 0 Å². The summed E-state index contributed by atoms with van der Waals surface area (Å²) in [5, 5.41) is 2.76. The molecule has 2 aromatic rings. The lowest BCUT2D eigenvalue weighted by molar-refractivity contribution is -0.122. The highest BCUT2D eigenvalue weighted by Gasteiger charge is 2.20. The van der Waals surface area contributed by atoms with Gasteiger partial charge in [0.05, 0.1) is 25.5 Å².